The van der Waals surface area contributed by atoms with E-state index in [-0.39, 0.29) is 11.1 Å². The Bertz CT molecular complexity index is 1120. The lowest BCUT2D eigenvalue weighted by molar-refractivity contribution is 0.0688. The molecule has 140 valence electrons. The molecule has 0 fully saturated rings. The zero-order valence-electron chi connectivity index (χ0n) is 14.8. The molecule has 3 rings (SSSR count). The van der Waals surface area contributed by atoms with Crippen molar-refractivity contribution >= 4 is 18.1 Å². The summed E-state index contributed by atoms with van der Waals surface area (Å²) in [6.45, 7) is 2.32. The van der Waals surface area contributed by atoms with Crippen molar-refractivity contribution in [1.29, 1.82) is 5.26 Å². The van der Waals surface area contributed by atoms with E-state index in [1.165, 1.54) is 18.4 Å². The molecule has 0 spiro atoms. The fraction of sp³-hybridized carbons (Fsp3) is 0.100. The van der Waals surface area contributed by atoms with Gasteiger partial charge in [0.1, 0.15) is 23.1 Å². The van der Waals surface area contributed by atoms with Gasteiger partial charge in [0.05, 0.1) is 18.6 Å². The molecule has 0 saturated carbocycles. The van der Waals surface area contributed by atoms with Crippen LogP contribution in [0.2, 0.25) is 0 Å². The highest BCUT2D eigenvalue weighted by molar-refractivity contribution is 5.92. The highest BCUT2D eigenvalue weighted by atomic mass is 16.5. The molecule has 0 saturated heterocycles. The molecule has 0 aliphatic rings. The van der Waals surface area contributed by atoms with Gasteiger partial charge in [-0.25, -0.2) is 4.79 Å². The number of carboxylic acids is 1. The number of carbonyl (C=O) groups is 1. The number of nitriles is 1. The number of hydrogen-bond acceptors (Lipinski definition) is 6. The molecule has 0 radical (unpaired) electrons. The Labute approximate surface area is 159 Å². The smallest absolute Gasteiger partial charge is 0.357 e. The van der Waals surface area contributed by atoms with Gasteiger partial charge in [0.25, 0.3) is 5.56 Å². The number of carboxylic acid groups (broad SMARTS) is 1. The molecule has 2 aromatic heterocycles. The van der Waals surface area contributed by atoms with Gasteiger partial charge < -0.3 is 14.3 Å². The second-order valence-corrected chi connectivity index (χ2v) is 5.55. The largest absolute Gasteiger partial charge is 0.494 e. The predicted molar refractivity (Wildman–Crippen MR) is 100 cm³/mol. The topological polar surface area (TPSA) is 118 Å². The van der Waals surface area contributed by atoms with Crippen LogP contribution in [0.25, 0.3) is 17.8 Å². The van der Waals surface area contributed by atoms with Crippen molar-refractivity contribution in [2.24, 2.45) is 0 Å². The van der Waals surface area contributed by atoms with Crippen molar-refractivity contribution in [1.82, 2.24) is 9.78 Å². The van der Waals surface area contributed by atoms with Crippen LogP contribution >= 0.6 is 0 Å². The first-order valence-corrected chi connectivity index (χ1v) is 8.30. The summed E-state index contributed by atoms with van der Waals surface area (Å²) in [5.74, 6) is -0.331. The van der Waals surface area contributed by atoms with Crippen LogP contribution in [0.15, 0.2) is 51.9 Å². The van der Waals surface area contributed by atoms with Crippen molar-refractivity contribution in [2.75, 3.05) is 6.61 Å². The summed E-state index contributed by atoms with van der Waals surface area (Å²) < 4.78 is 11.4. The van der Waals surface area contributed by atoms with Crippen LogP contribution in [-0.4, -0.2) is 27.5 Å². The van der Waals surface area contributed by atoms with Gasteiger partial charge in [-0.15, -0.1) is 0 Å². The molecule has 0 bridgehead atoms. The molecule has 0 aliphatic carbocycles. The molecule has 2 heterocycles. The third kappa shape index (κ3) is 3.68. The van der Waals surface area contributed by atoms with Gasteiger partial charge in [0.15, 0.2) is 5.69 Å². The number of benzene rings is 1. The SMILES string of the molecule is CCOc1ccc(-n2nc(C(=O)O)c(/C=C/c3ccco3)c(C#N)c2=O)cc1. The van der Waals surface area contributed by atoms with Crippen LogP contribution in [0, 0.1) is 11.3 Å². The van der Waals surface area contributed by atoms with Crippen molar-refractivity contribution < 1.29 is 19.1 Å². The molecule has 0 amide bonds. The zero-order valence-corrected chi connectivity index (χ0v) is 14.8. The molecule has 0 aliphatic heterocycles. The minimum Gasteiger partial charge on any atom is -0.494 e. The summed E-state index contributed by atoms with van der Waals surface area (Å²) >= 11 is 0. The van der Waals surface area contributed by atoms with Crippen LogP contribution < -0.4 is 10.3 Å². The lowest BCUT2D eigenvalue weighted by Crippen LogP contribution is -2.28. The summed E-state index contributed by atoms with van der Waals surface area (Å²) in [5.41, 5.74) is -1.25. The highest BCUT2D eigenvalue weighted by Crippen LogP contribution is 2.18. The molecule has 1 aromatic carbocycles. The van der Waals surface area contributed by atoms with Crippen molar-refractivity contribution in [3.05, 3.63) is 75.6 Å². The Hall–Kier alpha value is -4.12. The fourth-order valence-corrected chi connectivity index (χ4v) is 2.54. The molecular formula is C20H15N3O5. The molecule has 0 atom stereocenters. The molecule has 0 unspecified atom stereocenters. The van der Waals surface area contributed by atoms with Gasteiger partial charge in [-0.1, -0.05) is 0 Å². The van der Waals surface area contributed by atoms with Crippen LogP contribution in [-0.2, 0) is 0 Å². The van der Waals surface area contributed by atoms with E-state index in [9.17, 15) is 20.0 Å². The van der Waals surface area contributed by atoms with Gasteiger partial charge in [-0.3, -0.25) is 4.79 Å². The number of furan rings is 1. The summed E-state index contributed by atoms with van der Waals surface area (Å²) in [7, 11) is 0. The number of rotatable bonds is 6. The molecule has 8 nitrogen and oxygen atoms in total. The Balaban J connectivity index is 2.16. The zero-order chi connectivity index (χ0) is 20.1. The number of ether oxygens (including phenoxy) is 1. The first-order valence-electron chi connectivity index (χ1n) is 8.30. The average Bonchev–Trinajstić information content (AvgIpc) is 3.20. The second-order valence-electron chi connectivity index (χ2n) is 5.55. The van der Waals surface area contributed by atoms with Gasteiger partial charge in [0, 0.05) is 5.56 Å². The lowest BCUT2D eigenvalue weighted by Gasteiger charge is -2.10. The highest BCUT2D eigenvalue weighted by Gasteiger charge is 2.21. The van der Waals surface area contributed by atoms with E-state index < -0.39 is 17.2 Å². The average molecular weight is 377 g/mol. The summed E-state index contributed by atoms with van der Waals surface area (Å²) in [4.78, 5) is 24.5. The normalized spacial score (nSPS) is 10.7. The fourth-order valence-electron chi connectivity index (χ4n) is 2.54. The molecular weight excluding hydrogens is 362 g/mol. The predicted octanol–water partition coefficient (Wildman–Crippen LogP) is 2.96. The maximum atomic E-state index is 12.8. The third-order valence-corrected chi connectivity index (χ3v) is 3.79. The Morgan fingerprint density at radius 1 is 1.32 bits per heavy atom. The molecule has 1 N–H and O–H groups in total. The van der Waals surface area contributed by atoms with E-state index in [1.54, 1.807) is 42.5 Å². The maximum Gasteiger partial charge on any atom is 0.357 e. The molecule has 3 aromatic rings. The number of hydrogen-bond donors (Lipinski definition) is 1. The van der Waals surface area contributed by atoms with Crippen LogP contribution in [0.5, 0.6) is 5.75 Å². The molecule has 28 heavy (non-hydrogen) atoms. The Morgan fingerprint density at radius 2 is 2.07 bits per heavy atom. The van der Waals surface area contributed by atoms with Crippen LogP contribution in [0.3, 0.4) is 0 Å². The lowest BCUT2D eigenvalue weighted by atomic mass is 10.1. The van der Waals surface area contributed by atoms with Gasteiger partial charge in [0.2, 0.25) is 0 Å². The van der Waals surface area contributed by atoms with E-state index in [0.717, 1.165) is 4.68 Å². The quantitative estimate of drug-likeness (QED) is 0.701. The van der Waals surface area contributed by atoms with E-state index in [0.29, 0.717) is 23.8 Å². The van der Waals surface area contributed by atoms with E-state index in [2.05, 4.69) is 5.10 Å². The number of aromatic nitrogens is 2. The van der Waals surface area contributed by atoms with Gasteiger partial charge in [-0.2, -0.15) is 15.0 Å². The molecule has 8 heteroatoms. The Morgan fingerprint density at radius 3 is 2.64 bits per heavy atom. The summed E-state index contributed by atoms with van der Waals surface area (Å²) in [6.07, 6.45) is 4.24. The van der Waals surface area contributed by atoms with E-state index >= 15 is 0 Å². The maximum absolute atomic E-state index is 12.8. The van der Waals surface area contributed by atoms with Crippen molar-refractivity contribution in [3.8, 4) is 17.5 Å². The minimum absolute atomic E-state index is 0.0846. The van der Waals surface area contributed by atoms with E-state index in [4.69, 9.17) is 9.15 Å². The van der Waals surface area contributed by atoms with Crippen LogP contribution in [0.4, 0.5) is 0 Å². The third-order valence-electron chi connectivity index (χ3n) is 3.79. The first-order chi connectivity index (χ1) is 13.5. The first kappa shape index (κ1) is 18.7. The summed E-state index contributed by atoms with van der Waals surface area (Å²) in [5, 5.41) is 23.0. The standard InChI is InChI=1S/C20H15N3O5/c1-2-27-15-7-5-13(6-8-15)23-19(24)17(12-21)16(18(22-23)20(25)26)10-9-14-4-3-11-28-14/h3-11H,2H2,1H3,(H,25,26)/b10-9+. The Kier molecular flexibility index (Phi) is 5.37. The second kappa shape index (κ2) is 8.05. The number of aromatic carboxylic acids is 1. The van der Waals surface area contributed by atoms with E-state index in [1.807, 2.05) is 6.92 Å². The number of nitrogens with zero attached hydrogens (tertiary/aromatic N) is 3. The van der Waals surface area contributed by atoms with Gasteiger partial charge in [-0.05, 0) is 55.5 Å². The van der Waals surface area contributed by atoms with Crippen LogP contribution in [0.1, 0.15) is 34.3 Å². The summed E-state index contributed by atoms with van der Waals surface area (Å²) in [6, 6.07) is 11.5. The van der Waals surface area contributed by atoms with Gasteiger partial charge >= 0.3 is 5.97 Å². The van der Waals surface area contributed by atoms with Crippen molar-refractivity contribution in [3.63, 3.8) is 0 Å². The monoisotopic (exact) mass is 377 g/mol. The minimum atomic E-state index is -1.37. The van der Waals surface area contributed by atoms with Crippen molar-refractivity contribution in [2.45, 2.75) is 6.92 Å².